The summed E-state index contributed by atoms with van der Waals surface area (Å²) in [5, 5.41) is 9.75. The topological polar surface area (TPSA) is 80.4 Å². The molecule has 0 bridgehead atoms. The third-order valence-corrected chi connectivity index (χ3v) is 4.58. The smallest absolute Gasteiger partial charge is 0.307 e. The molecule has 1 aliphatic rings. The maximum absolute atomic E-state index is 12.3. The second kappa shape index (κ2) is 4.78. The van der Waals surface area contributed by atoms with Crippen molar-refractivity contribution in [2.75, 3.05) is 6.54 Å². The fraction of sp³-hybridized carbons (Fsp3) is 0.385. The van der Waals surface area contributed by atoms with Crippen LogP contribution in [0.25, 0.3) is 0 Å². The number of halogens is 2. The molecule has 0 radical (unpaired) electrons. The minimum atomic E-state index is -0.994. The van der Waals surface area contributed by atoms with Gasteiger partial charge in [-0.25, -0.2) is 0 Å². The lowest BCUT2D eigenvalue weighted by molar-refractivity contribution is -0.139. The molecule has 0 spiro atoms. The second-order valence-corrected chi connectivity index (χ2v) is 5.81. The van der Waals surface area contributed by atoms with Gasteiger partial charge < -0.3 is 10.8 Å². The van der Waals surface area contributed by atoms with Crippen LogP contribution in [-0.2, 0) is 4.79 Å². The Balaban J connectivity index is 2.30. The van der Waals surface area contributed by atoms with Gasteiger partial charge in [0.05, 0.1) is 16.0 Å². The van der Waals surface area contributed by atoms with Crippen LogP contribution in [-0.4, -0.2) is 23.4 Å². The molecule has 0 aromatic heterocycles. The first kappa shape index (κ1) is 14.3. The molecule has 19 heavy (non-hydrogen) atoms. The largest absolute Gasteiger partial charge is 0.481 e. The van der Waals surface area contributed by atoms with Crippen LogP contribution in [0.5, 0.6) is 0 Å². The van der Waals surface area contributed by atoms with Crippen molar-refractivity contribution >= 4 is 35.0 Å². The zero-order valence-corrected chi connectivity index (χ0v) is 11.7. The molecule has 1 aromatic rings. The molecule has 1 unspecified atom stereocenters. The molecule has 102 valence electrons. The number of rotatable bonds is 4. The maximum atomic E-state index is 12.3. The van der Waals surface area contributed by atoms with Gasteiger partial charge in [0.25, 0.3) is 0 Å². The zero-order valence-electron chi connectivity index (χ0n) is 10.2. The molecule has 0 saturated heterocycles. The second-order valence-electron chi connectivity index (χ2n) is 5.00. The van der Waals surface area contributed by atoms with E-state index in [-0.39, 0.29) is 17.4 Å². The molecule has 6 heteroatoms. The van der Waals surface area contributed by atoms with Crippen molar-refractivity contribution < 1.29 is 14.7 Å². The predicted molar refractivity (Wildman–Crippen MR) is 72.6 cm³/mol. The summed E-state index contributed by atoms with van der Waals surface area (Å²) in [6, 6.07) is 4.53. The van der Waals surface area contributed by atoms with Crippen molar-refractivity contribution in [1.29, 1.82) is 0 Å². The molecule has 3 N–H and O–H groups in total. The van der Waals surface area contributed by atoms with Crippen LogP contribution in [0.15, 0.2) is 18.2 Å². The van der Waals surface area contributed by atoms with E-state index >= 15 is 0 Å². The van der Waals surface area contributed by atoms with E-state index in [1.54, 1.807) is 13.0 Å². The van der Waals surface area contributed by atoms with Crippen LogP contribution in [0, 0.1) is 17.3 Å². The summed E-state index contributed by atoms with van der Waals surface area (Å²) in [5.74, 6) is -2.59. The standard InChI is InChI=1S/C13H13Cl2NO3/c1-13(5-16)9(10(13)12(18)19)11(17)6-2-3-7(14)8(15)4-6/h2-4,9-10H,5,16H2,1H3,(H,18,19)/t9-,10?,13+/m1/s1. The molecule has 3 atom stereocenters. The molecule has 4 nitrogen and oxygen atoms in total. The number of hydrogen-bond donors (Lipinski definition) is 2. The zero-order chi connectivity index (χ0) is 14.4. The summed E-state index contributed by atoms with van der Waals surface area (Å²) in [7, 11) is 0. The quantitative estimate of drug-likeness (QED) is 0.837. The van der Waals surface area contributed by atoms with E-state index in [0.29, 0.717) is 10.6 Å². The number of benzene rings is 1. The fourth-order valence-corrected chi connectivity index (χ4v) is 2.82. The minimum Gasteiger partial charge on any atom is -0.481 e. The first-order chi connectivity index (χ1) is 8.82. The molecule has 1 aliphatic carbocycles. The van der Waals surface area contributed by atoms with Gasteiger partial charge in [0.15, 0.2) is 5.78 Å². The van der Waals surface area contributed by atoms with Crippen molar-refractivity contribution in [3.63, 3.8) is 0 Å². The molecule has 1 saturated carbocycles. The third-order valence-electron chi connectivity index (χ3n) is 3.84. The van der Waals surface area contributed by atoms with Gasteiger partial charge in [0.2, 0.25) is 0 Å². The molecular weight excluding hydrogens is 289 g/mol. The molecular formula is C13H13Cl2NO3. The number of carbonyl (C=O) groups is 2. The van der Waals surface area contributed by atoms with Gasteiger partial charge >= 0.3 is 5.97 Å². The average Bonchev–Trinajstić information content (AvgIpc) is 2.99. The van der Waals surface area contributed by atoms with Crippen LogP contribution >= 0.6 is 23.2 Å². The number of hydrogen-bond acceptors (Lipinski definition) is 3. The molecule has 1 fully saturated rings. The normalized spacial score (nSPS) is 29.1. The number of ketones is 1. The highest BCUT2D eigenvalue weighted by atomic mass is 35.5. The maximum Gasteiger partial charge on any atom is 0.307 e. The van der Waals surface area contributed by atoms with E-state index in [0.717, 1.165) is 0 Å². The van der Waals surface area contributed by atoms with Crippen LogP contribution in [0.1, 0.15) is 17.3 Å². The molecule has 0 heterocycles. The number of nitrogens with two attached hydrogens (primary N) is 1. The lowest BCUT2D eigenvalue weighted by atomic mass is 10.00. The highest BCUT2D eigenvalue weighted by Crippen LogP contribution is 2.59. The van der Waals surface area contributed by atoms with Gasteiger partial charge in [-0.3, -0.25) is 9.59 Å². The number of carboxylic acids is 1. The van der Waals surface area contributed by atoms with E-state index < -0.39 is 23.2 Å². The Hall–Kier alpha value is -1.10. The van der Waals surface area contributed by atoms with Gasteiger partial charge in [-0.2, -0.15) is 0 Å². The molecule has 1 aromatic carbocycles. The van der Waals surface area contributed by atoms with Crippen molar-refractivity contribution in [2.24, 2.45) is 23.0 Å². The summed E-state index contributed by atoms with van der Waals surface area (Å²) in [6.45, 7) is 1.87. The molecule has 2 rings (SSSR count). The Labute approximate surface area is 120 Å². The Morgan fingerprint density at radius 1 is 1.32 bits per heavy atom. The number of aliphatic carboxylic acids is 1. The van der Waals surface area contributed by atoms with Crippen LogP contribution in [0.3, 0.4) is 0 Å². The third kappa shape index (κ3) is 2.24. The van der Waals surface area contributed by atoms with Gasteiger partial charge in [0, 0.05) is 16.9 Å². The number of Topliss-reactive ketones (excluding diaryl/α,β-unsaturated/α-hetero) is 1. The van der Waals surface area contributed by atoms with Gasteiger partial charge in [-0.1, -0.05) is 30.1 Å². The van der Waals surface area contributed by atoms with Crippen LogP contribution < -0.4 is 5.73 Å². The summed E-state index contributed by atoms with van der Waals surface area (Å²) in [4.78, 5) is 23.5. The van der Waals surface area contributed by atoms with Crippen molar-refractivity contribution in [3.05, 3.63) is 33.8 Å². The van der Waals surface area contributed by atoms with Crippen molar-refractivity contribution in [1.82, 2.24) is 0 Å². The minimum absolute atomic E-state index is 0.154. The Morgan fingerprint density at radius 2 is 1.95 bits per heavy atom. The van der Waals surface area contributed by atoms with Crippen LogP contribution in [0.4, 0.5) is 0 Å². The first-order valence-electron chi connectivity index (χ1n) is 5.75. The number of carbonyl (C=O) groups excluding carboxylic acids is 1. The highest BCUT2D eigenvalue weighted by molar-refractivity contribution is 6.42. The van der Waals surface area contributed by atoms with E-state index in [1.165, 1.54) is 12.1 Å². The van der Waals surface area contributed by atoms with Gasteiger partial charge in [0.1, 0.15) is 0 Å². The van der Waals surface area contributed by atoms with Gasteiger partial charge in [-0.05, 0) is 24.7 Å². The first-order valence-corrected chi connectivity index (χ1v) is 6.50. The average molecular weight is 302 g/mol. The van der Waals surface area contributed by atoms with Gasteiger partial charge in [-0.15, -0.1) is 0 Å². The Morgan fingerprint density at radius 3 is 2.37 bits per heavy atom. The predicted octanol–water partition coefficient (Wildman–Crippen LogP) is 2.47. The molecule has 0 amide bonds. The monoisotopic (exact) mass is 301 g/mol. The Kier molecular flexibility index (Phi) is 3.60. The lowest BCUT2D eigenvalue weighted by Crippen LogP contribution is -2.19. The molecule has 0 aliphatic heterocycles. The summed E-state index contributed by atoms with van der Waals surface area (Å²) < 4.78 is 0. The van der Waals surface area contributed by atoms with Crippen LogP contribution in [0.2, 0.25) is 10.0 Å². The highest BCUT2D eigenvalue weighted by Gasteiger charge is 2.67. The number of carboxylic acid groups (broad SMARTS) is 1. The van der Waals surface area contributed by atoms with Crippen molar-refractivity contribution in [2.45, 2.75) is 6.92 Å². The fourth-order valence-electron chi connectivity index (χ4n) is 2.52. The summed E-state index contributed by atoms with van der Waals surface area (Å²) >= 11 is 11.6. The van der Waals surface area contributed by atoms with E-state index in [4.69, 9.17) is 34.0 Å². The van der Waals surface area contributed by atoms with E-state index in [2.05, 4.69) is 0 Å². The summed E-state index contributed by atoms with van der Waals surface area (Å²) in [6.07, 6.45) is 0. The van der Waals surface area contributed by atoms with Crippen molar-refractivity contribution in [3.8, 4) is 0 Å². The van der Waals surface area contributed by atoms with E-state index in [1.807, 2.05) is 0 Å². The Bertz CT molecular complexity index is 561. The lowest BCUT2D eigenvalue weighted by Gasteiger charge is -2.06. The van der Waals surface area contributed by atoms with E-state index in [9.17, 15) is 9.59 Å². The SMILES string of the molecule is C[C@@]1(CN)C(C(=O)O)[C@@H]1C(=O)c1ccc(Cl)c(Cl)c1. The summed E-state index contributed by atoms with van der Waals surface area (Å²) in [5.41, 5.74) is 5.27.